The van der Waals surface area contributed by atoms with E-state index in [-0.39, 0.29) is 11.8 Å². The van der Waals surface area contributed by atoms with Crippen molar-refractivity contribution in [1.29, 1.82) is 0 Å². The van der Waals surface area contributed by atoms with Gasteiger partial charge in [0.2, 0.25) is 5.91 Å². The Hall–Kier alpha value is -2.80. The first-order chi connectivity index (χ1) is 15.0. The normalized spacial score (nSPS) is 14.5. The monoisotopic (exact) mass is 484 g/mol. The predicted molar refractivity (Wildman–Crippen MR) is 122 cm³/mol. The second-order valence-electron chi connectivity index (χ2n) is 7.67. The number of aryl methyl sites for hydroxylation is 1. The summed E-state index contributed by atoms with van der Waals surface area (Å²) in [5.41, 5.74) is 1.80. The van der Waals surface area contributed by atoms with Crippen molar-refractivity contribution < 1.29 is 18.7 Å². The number of hydrogen-bond donors (Lipinski definition) is 0. The number of rotatable bonds is 5. The lowest BCUT2D eigenvalue weighted by atomic mass is 10.1. The summed E-state index contributed by atoms with van der Waals surface area (Å²) in [5, 5.41) is 0.892. The SMILES string of the molecule is COc1ccc(CCC(=O)N2CCCN(C(=O)c3cc4cc(Br)ccc4o3)CC2)cc1. The molecule has 0 bridgehead atoms. The molecule has 1 aliphatic heterocycles. The summed E-state index contributed by atoms with van der Waals surface area (Å²) in [6.45, 7) is 2.33. The number of ether oxygens (including phenoxy) is 1. The fourth-order valence-electron chi connectivity index (χ4n) is 3.85. The zero-order valence-corrected chi connectivity index (χ0v) is 19.1. The molecule has 0 unspecified atom stereocenters. The molecule has 6 nitrogen and oxygen atoms in total. The number of benzene rings is 2. The number of carbonyl (C=O) groups excluding carboxylic acids is 2. The van der Waals surface area contributed by atoms with Crippen molar-refractivity contribution in [3.63, 3.8) is 0 Å². The minimum atomic E-state index is -0.125. The molecular formula is C24H25BrN2O4. The van der Waals surface area contributed by atoms with Gasteiger partial charge in [-0.2, -0.15) is 0 Å². The van der Waals surface area contributed by atoms with Gasteiger partial charge in [0.05, 0.1) is 7.11 Å². The fourth-order valence-corrected chi connectivity index (χ4v) is 4.23. The van der Waals surface area contributed by atoms with E-state index in [1.54, 1.807) is 18.1 Å². The number of furan rings is 1. The van der Waals surface area contributed by atoms with E-state index in [1.807, 2.05) is 47.4 Å². The molecule has 0 N–H and O–H groups in total. The lowest BCUT2D eigenvalue weighted by Crippen LogP contribution is -2.37. The van der Waals surface area contributed by atoms with Crippen LogP contribution >= 0.6 is 15.9 Å². The lowest BCUT2D eigenvalue weighted by molar-refractivity contribution is -0.131. The van der Waals surface area contributed by atoms with Crippen LogP contribution in [0.4, 0.5) is 0 Å². The van der Waals surface area contributed by atoms with Crippen molar-refractivity contribution in [3.8, 4) is 5.75 Å². The third kappa shape index (κ3) is 5.10. The van der Waals surface area contributed by atoms with Crippen LogP contribution in [0.3, 0.4) is 0 Å². The van der Waals surface area contributed by atoms with Crippen LogP contribution in [0.15, 0.2) is 57.4 Å². The molecule has 31 heavy (non-hydrogen) atoms. The van der Waals surface area contributed by atoms with Crippen LogP contribution in [0.5, 0.6) is 5.75 Å². The topological polar surface area (TPSA) is 63.0 Å². The molecule has 3 aromatic rings. The number of nitrogens with zero attached hydrogens (tertiary/aromatic N) is 2. The molecule has 1 saturated heterocycles. The van der Waals surface area contributed by atoms with E-state index in [1.165, 1.54) is 0 Å². The Morgan fingerprint density at radius 1 is 1.00 bits per heavy atom. The first-order valence-electron chi connectivity index (χ1n) is 10.4. The zero-order valence-electron chi connectivity index (χ0n) is 17.5. The summed E-state index contributed by atoms with van der Waals surface area (Å²) >= 11 is 3.44. The summed E-state index contributed by atoms with van der Waals surface area (Å²) in [4.78, 5) is 29.3. The van der Waals surface area contributed by atoms with E-state index in [2.05, 4.69) is 15.9 Å². The summed E-state index contributed by atoms with van der Waals surface area (Å²) in [5.74, 6) is 1.15. The van der Waals surface area contributed by atoms with Gasteiger partial charge in [0.15, 0.2) is 5.76 Å². The second-order valence-corrected chi connectivity index (χ2v) is 8.58. The molecule has 2 amide bonds. The van der Waals surface area contributed by atoms with Gasteiger partial charge in [-0.3, -0.25) is 9.59 Å². The van der Waals surface area contributed by atoms with Crippen LogP contribution in [0.2, 0.25) is 0 Å². The van der Waals surface area contributed by atoms with Crippen LogP contribution in [-0.4, -0.2) is 54.9 Å². The van der Waals surface area contributed by atoms with E-state index in [0.717, 1.165) is 27.6 Å². The molecule has 0 radical (unpaired) electrons. The Morgan fingerprint density at radius 2 is 1.74 bits per heavy atom. The number of carbonyl (C=O) groups is 2. The van der Waals surface area contributed by atoms with Crippen molar-refractivity contribution in [2.75, 3.05) is 33.3 Å². The fraction of sp³-hybridized carbons (Fsp3) is 0.333. The molecule has 2 heterocycles. The quantitative estimate of drug-likeness (QED) is 0.534. The highest BCUT2D eigenvalue weighted by Gasteiger charge is 2.24. The highest BCUT2D eigenvalue weighted by atomic mass is 79.9. The average molecular weight is 485 g/mol. The number of halogens is 1. The molecule has 1 aromatic heterocycles. The van der Waals surface area contributed by atoms with E-state index in [9.17, 15) is 9.59 Å². The Kier molecular flexibility index (Phi) is 6.61. The molecule has 2 aromatic carbocycles. The first-order valence-corrected chi connectivity index (χ1v) is 11.2. The molecule has 0 atom stereocenters. The van der Waals surface area contributed by atoms with E-state index >= 15 is 0 Å². The van der Waals surface area contributed by atoms with Gasteiger partial charge in [0, 0.05) is 42.5 Å². The molecule has 0 aliphatic carbocycles. The minimum absolute atomic E-state index is 0.124. The number of methoxy groups -OCH3 is 1. The molecule has 162 valence electrons. The van der Waals surface area contributed by atoms with Crippen LogP contribution in [-0.2, 0) is 11.2 Å². The Bertz CT molecular complexity index is 1080. The van der Waals surface area contributed by atoms with Crippen LogP contribution in [0.1, 0.15) is 29.0 Å². The van der Waals surface area contributed by atoms with Gasteiger partial charge in [-0.05, 0) is 54.8 Å². The molecule has 4 rings (SSSR count). The molecule has 1 aliphatic rings. The van der Waals surface area contributed by atoms with Crippen molar-refractivity contribution in [2.24, 2.45) is 0 Å². The highest BCUT2D eigenvalue weighted by molar-refractivity contribution is 9.10. The van der Waals surface area contributed by atoms with Gasteiger partial charge in [0.25, 0.3) is 5.91 Å². The third-order valence-corrected chi connectivity index (χ3v) is 6.10. The molecule has 7 heteroatoms. The summed E-state index contributed by atoms with van der Waals surface area (Å²) in [6, 6.07) is 15.2. The van der Waals surface area contributed by atoms with Gasteiger partial charge >= 0.3 is 0 Å². The second kappa shape index (κ2) is 9.56. The van der Waals surface area contributed by atoms with Crippen molar-refractivity contribution >= 4 is 38.7 Å². The number of amides is 2. The Labute approximate surface area is 189 Å². The smallest absolute Gasteiger partial charge is 0.289 e. The van der Waals surface area contributed by atoms with Gasteiger partial charge in [-0.1, -0.05) is 28.1 Å². The molecule has 0 saturated carbocycles. The largest absolute Gasteiger partial charge is 0.497 e. The third-order valence-electron chi connectivity index (χ3n) is 5.61. The standard InChI is InChI=1S/C24H25BrN2O4/c1-30-20-7-3-17(4-8-20)5-10-23(28)26-11-2-12-27(14-13-26)24(29)22-16-18-15-19(25)6-9-21(18)31-22/h3-4,6-9,15-16H,2,5,10-14H2,1H3. The van der Waals surface area contributed by atoms with Crippen LogP contribution in [0, 0.1) is 0 Å². The summed E-state index contributed by atoms with van der Waals surface area (Å²) in [7, 11) is 1.64. The maximum absolute atomic E-state index is 13.0. The van der Waals surface area contributed by atoms with Gasteiger partial charge in [-0.25, -0.2) is 0 Å². The maximum Gasteiger partial charge on any atom is 0.289 e. The minimum Gasteiger partial charge on any atom is -0.497 e. The average Bonchev–Trinajstić information content (AvgIpc) is 3.04. The maximum atomic E-state index is 13.0. The molecule has 0 spiro atoms. The van der Waals surface area contributed by atoms with E-state index < -0.39 is 0 Å². The number of fused-ring (bicyclic) bond motifs is 1. The van der Waals surface area contributed by atoms with E-state index in [0.29, 0.717) is 50.4 Å². The van der Waals surface area contributed by atoms with Gasteiger partial charge in [-0.15, -0.1) is 0 Å². The predicted octanol–water partition coefficient (Wildman–Crippen LogP) is 4.51. The van der Waals surface area contributed by atoms with Crippen molar-refractivity contribution in [3.05, 3.63) is 64.3 Å². The van der Waals surface area contributed by atoms with Crippen LogP contribution in [0.25, 0.3) is 11.0 Å². The van der Waals surface area contributed by atoms with Crippen molar-refractivity contribution in [1.82, 2.24) is 9.80 Å². The lowest BCUT2D eigenvalue weighted by Gasteiger charge is -2.21. The summed E-state index contributed by atoms with van der Waals surface area (Å²) in [6.07, 6.45) is 1.90. The van der Waals surface area contributed by atoms with Crippen molar-refractivity contribution in [2.45, 2.75) is 19.3 Å². The Balaban J connectivity index is 1.33. The molecular weight excluding hydrogens is 460 g/mol. The van der Waals surface area contributed by atoms with Gasteiger partial charge < -0.3 is 19.0 Å². The highest BCUT2D eigenvalue weighted by Crippen LogP contribution is 2.24. The van der Waals surface area contributed by atoms with E-state index in [4.69, 9.17) is 9.15 Å². The van der Waals surface area contributed by atoms with Crippen LogP contribution < -0.4 is 4.74 Å². The zero-order chi connectivity index (χ0) is 21.8. The number of hydrogen-bond acceptors (Lipinski definition) is 4. The van der Waals surface area contributed by atoms with Gasteiger partial charge in [0.1, 0.15) is 11.3 Å². The molecule has 1 fully saturated rings. The summed E-state index contributed by atoms with van der Waals surface area (Å²) < 4.78 is 11.9. The first kappa shape index (κ1) is 21.4. The Morgan fingerprint density at radius 3 is 2.52 bits per heavy atom.